The van der Waals surface area contributed by atoms with E-state index in [0.29, 0.717) is 4.99 Å². The Kier molecular flexibility index (Phi) is 1.73. The van der Waals surface area contributed by atoms with Crippen molar-refractivity contribution >= 4 is 34.9 Å². The van der Waals surface area contributed by atoms with E-state index < -0.39 is 0 Å². The van der Waals surface area contributed by atoms with Crippen molar-refractivity contribution < 1.29 is 4.79 Å². The van der Waals surface area contributed by atoms with Crippen LogP contribution in [0.2, 0.25) is 0 Å². The zero-order valence-corrected chi connectivity index (χ0v) is 7.43. The van der Waals surface area contributed by atoms with Gasteiger partial charge in [-0.05, 0) is 18.2 Å². The first-order valence-electron chi connectivity index (χ1n) is 3.46. The van der Waals surface area contributed by atoms with Gasteiger partial charge >= 0.3 is 0 Å². The van der Waals surface area contributed by atoms with Crippen LogP contribution in [0.25, 0.3) is 0 Å². The van der Waals surface area contributed by atoms with Crippen LogP contribution in [0.15, 0.2) is 11.0 Å². The van der Waals surface area contributed by atoms with Crippen LogP contribution in [-0.4, -0.2) is 16.6 Å². The molecule has 2 heterocycles. The highest BCUT2D eigenvalue weighted by Gasteiger charge is 2.31. The highest BCUT2D eigenvalue weighted by atomic mass is 32.2. The van der Waals surface area contributed by atoms with E-state index in [-0.39, 0.29) is 11.8 Å². The lowest BCUT2D eigenvalue weighted by Crippen LogP contribution is -2.37. The first kappa shape index (κ1) is 7.31. The van der Waals surface area contributed by atoms with Crippen molar-refractivity contribution in [1.82, 2.24) is 5.32 Å². The predicted octanol–water partition coefficient (Wildman–Crippen LogP) is 1.08. The molecule has 1 atom stereocenters. The van der Waals surface area contributed by atoms with Gasteiger partial charge < -0.3 is 5.32 Å². The fraction of sp³-hybridized carbons (Fsp3) is 0.429. The fourth-order valence-electron chi connectivity index (χ4n) is 1.31. The van der Waals surface area contributed by atoms with Crippen LogP contribution in [0.1, 0.15) is 6.42 Å². The molecule has 2 aliphatic rings. The summed E-state index contributed by atoms with van der Waals surface area (Å²) in [6, 6.07) is 0. The summed E-state index contributed by atoms with van der Waals surface area (Å²) in [7, 11) is 0. The van der Waals surface area contributed by atoms with Gasteiger partial charge in [-0.15, -0.1) is 11.8 Å². The van der Waals surface area contributed by atoms with Gasteiger partial charge in [-0.3, -0.25) is 4.79 Å². The molecule has 0 aromatic heterocycles. The molecule has 2 nitrogen and oxygen atoms in total. The number of hydrogen-bond donors (Lipinski definition) is 1. The zero-order chi connectivity index (χ0) is 7.84. The van der Waals surface area contributed by atoms with Gasteiger partial charge in [-0.1, -0.05) is 12.2 Å². The molecule has 1 unspecified atom stereocenters. The summed E-state index contributed by atoms with van der Waals surface area (Å²) in [5, 5.41) is 2.65. The molecule has 11 heavy (non-hydrogen) atoms. The van der Waals surface area contributed by atoms with E-state index in [1.807, 2.05) is 6.08 Å². The third-order valence-corrected chi connectivity index (χ3v) is 3.25. The van der Waals surface area contributed by atoms with Crippen LogP contribution in [-0.2, 0) is 4.79 Å². The molecule has 0 spiro atoms. The number of thiocarbonyl (C=S) groups is 1. The molecular weight excluding hydrogens is 178 g/mol. The van der Waals surface area contributed by atoms with Crippen molar-refractivity contribution in [2.45, 2.75) is 6.42 Å². The molecule has 58 valence electrons. The number of thioether (sulfide) groups is 1. The summed E-state index contributed by atoms with van der Waals surface area (Å²) in [4.78, 5) is 13.0. The molecule has 0 saturated carbocycles. The second-order valence-electron chi connectivity index (χ2n) is 2.59. The van der Waals surface area contributed by atoms with Gasteiger partial charge in [0.1, 0.15) is 4.99 Å². The third kappa shape index (κ3) is 1.20. The van der Waals surface area contributed by atoms with Crippen LogP contribution in [0, 0.1) is 5.92 Å². The van der Waals surface area contributed by atoms with Gasteiger partial charge in [0.2, 0.25) is 5.91 Å². The summed E-state index contributed by atoms with van der Waals surface area (Å²) < 4.78 is 0. The topological polar surface area (TPSA) is 29.1 Å². The molecule has 0 aliphatic carbocycles. The number of rotatable bonds is 0. The molecule has 2 rings (SSSR count). The van der Waals surface area contributed by atoms with Crippen molar-refractivity contribution in [2.24, 2.45) is 5.92 Å². The largest absolute Gasteiger partial charge is 0.316 e. The van der Waals surface area contributed by atoms with E-state index >= 15 is 0 Å². The smallest absolute Gasteiger partial charge is 0.233 e. The van der Waals surface area contributed by atoms with Gasteiger partial charge in [0, 0.05) is 4.91 Å². The Bertz CT molecular complexity index is 259. The standard InChI is InChI=1S/C7H7NOS2/c9-7-4-1-2-11-5(4)3-6(10)8-7/h3-4H,1-2H2,(H,8,9,10). The molecule has 1 amide bonds. The zero-order valence-electron chi connectivity index (χ0n) is 5.79. The lowest BCUT2D eigenvalue weighted by molar-refractivity contribution is -0.122. The van der Waals surface area contributed by atoms with Crippen molar-refractivity contribution in [1.29, 1.82) is 0 Å². The van der Waals surface area contributed by atoms with Crippen LogP contribution in [0.4, 0.5) is 0 Å². The quantitative estimate of drug-likeness (QED) is 0.573. The number of carbonyl (C=O) groups is 1. The van der Waals surface area contributed by atoms with Crippen LogP contribution in [0.5, 0.6) is 0 Å². The molecule has 1 N–H and O–H groups in total. The Balaban J connectivity index is 2.34. The van der Waals surface area contributed by atoms with Gasteiger partial charge in [-0.2, -0.15) is 0 Å². The summed E-state index contributed by atoms with van der Waals surface area (Å²) in [6.45, 7) is 0. The van der Waals surface area contributed by atoms with Gasteiger partial charge in [0.25, 0.3) is 0 Å². The Hall–Kier alpha value is -0.350. The van der Waals surface area contributed by atoms with Crippen LogP contribution >= 0.6 is 24.0 Å². The molecule has 0 radical (unpaired) electrons. The Morgan fingerprint density at radius 3 is 3.36 bits per heavy atom. The first-order chi connectivity index (χ1) is 5.27. The van der Waals surface area contributed by atoms with E-state index in [0.717, 1.165) is 17.1 Å². The Morgan fingerprint density at radius 2 is 2.55 bits per heavy atom. The van der Waals surface area contributed by atoms with E-state index in [2.05, 4.69) is 5.32 Å². The molecule has 0 bridgehead atoms. The molecular formula is C7H7NOS2. The molecule has 0 aromatic rings. The van der Waals surface area contributed by atoms with E-state index in [4.69, 9.17) is 12.2 Å². The monoisotopic (exact) mass is 185 g/mol. The second kappa shape index (κ2) is 2.60. The van der Waals surface area contributed by atoms with Crippen molar-refractivity contribution in [2.75, 3.05) is 5.75 Å². The predicted molar refractivity (Wildman–Crippen MR) is 49.4 cm³/mol. The van der Waals surface area contributed by atoms with Crippen LogP contribution < -0.4 is 5.32 Å². The molecule has 4 heteroatoms. The maximum Gasteiger partial charge on any atom is 0.233 e. The summed E-state index contributed by atoms with van der Waals surface area (Å²) in [6.07, 6.45) is 2.87. The SMILES string of the molecule is O=C1NC(=S)C=C2SCCC12. The summed E-state index contributed by atoms with van der Waals surface area (Å²) in [5.41, 5.74) is 0. The molecule has 1 saturated heterocycles. The van der Waals surface area contributed by atoms with Gasteiger partial charge in [0.05, 0.1) is 5.92 Å². The minimum atomic E-state index is 0.0810. The third-order valence-electron chi connectivity index (χ3n) is 1.85. The second-order valence-corrected chi connectivity index (χ2v) is 4.20. The number of amides is 1. The lowest BCUT2D eigenvalue weighted by Gasteiger charge is -2.16. The Morgan fingerprint density at radius 1 is 1.73 bits per heavy atom. The van der Waals surface area contributed by atoms with Crippen molar-refractivity contribution in [3.63, 3.8) is 0 Å². The molecule has 2 aliphatic heterocycles. The number of fused-ring (bicyclic) bond motifs is 1. The maximum atomic E-state index is 11.2. The molecule has 0 aromatic carbocycles. The maximum absolute atomic E-state index is 11.2. The lowest BCUT2D eigenvalue weighted by atomic mass is 10.0. The Labute approximate surface area is 74.4 Å². The number of hydrogen-bond acceptors (Lipinski definition) is 3. The highest BCUT2D eigenvalue weighted by molar-refractivity contribution is 8.03. The van der Waals surface area contributed by atoms with E-state index in [9.17, 15) is 4.79 Å². The van der Waals surface area contributed by atoms with E-state index in [1.165, 1.54) is 0 Å². The normalized spacial score (nSPS) is 29.5. The highest BCUT2D eigenvalue weighted by Crippen LogP contribution is 2.37. The number of carbonyl (C=O) groups excluding carboxylic acids is 1. The fourth-order valence-corrected chi connectivity index (χ4v) is 2.83. The van der Waals surface area contributed by atoms with Gasteiger partial charge in [0.15, 0.2) is 0 Å². The van der Waals surface area contributed by atoms with Crippen LogP contribution in [0.3, 0.4) is 0 Å². The first-order valence-corrected chi connectivity index (χ1v) is 4.86. The minimum Gasteiger partial charge on any atom is -0.316 e. The number of nitrogens with one attached hydrogen (secondary N) is 1. The summed E-state index contributed by atoms with van der Waals surface area (Å²) >= 11 is 6.63. The molecule has 1 fully saturated rings. The van der Waals surface area contributed by atoms with Crippen molar-refractivity contribution in [3.8, 4) is 0 Å². The van der Waals surface area contributed by atoms with Crippen molar-refractivity contribution in [3.05, 3.63) is 11.0 Å². The van der Waals surface area contributed by atoms with Gasteiger partial charge in [-0.25, -0.2) is 0 Å². The van der Waals surface area contributed by atoms with E-state index in [1.54, 1.807) is 11.8 Å². The average Bonchev–Trinajstić information content (AvgIpc) is 2.34. The average molecular weight is 185 g/mol. The summed E-state index contributed by atoms with van der Waals surface area (Å²) in [5.74, 6) is 1.23. The minimum absolute atomic E-state index is 0.0810.